The quantitative estimate of drug-likeness (QED) is 0.798. The summed E-state index contributed by atoms with van der Waals surface area (Å²) in [4.78, 5) is 3.71. The Morgan fingerprint density at radius 1 is 1.60 bits per heavy atom. The highest BCUT2D eigenvalue weighted by Crippen LogP contribution is 2.27. The van der Waals surface area contributed by atoms with E-state index in [1.165, 1.54) is 0 Å². The summed E-state index contributed by atoms with van der Waals surface area (Å²) in [6.07, 6.45) is -2.70. The number of alkyl halides is 3. The molecule has 15 heavy (non-hydrogen) atoms. The molecule has 0 aliphatic carbocycles. The molecule has 0 radical (unpaired) electrons. The number of hydrogen-bond donors (Lipinski definition) is 0. The smallest absolute Gasteiger partial charge is 0.250 e. The van der Waals surface area contributed by atoms with E-state index in [2.05, 4.69) is 20.9 Å². The van der Waals surface area contributed by atoms with Crippen LogP contribution < -0.4 is 0 Å². The molecule has 0 saturated heterocycles. The van der Waals surface area contributed by atoms with Gasteiger partial charge in [-0.25, -0.2) is 8.78 Å². The van der Waals surface area contributed by atoms with E-state index in [4.69, 9.17) is 16.9 Å². The van der Waals surface area contributed by atoms with Gasteiger partial charge in [0.15, 0.2) is 0 Å². The van der Waals surface area contributed by atoms with Crippen LogP contribution in [-0.4, -0.2) is 4.98 Å². The molecule has 0 aliphatic rings. The molecule has 1 heterocycles. The summed E-state index contributed by atoms with van der Waals surface area (Å²) in [5, 5.41) is 9.12. The minimum Gasteiger partial charge on any atom is -0.250 e. The molecule has 1 aromatic heterocycles. The lowest BCUT2D eigenvalue weighted by Crippen LogP contribution is -2.01. The Morgan fingerprint density at radius 2 is 2.27 bits per heavy atom. The highest BCUT2D eigenvalue weighted by Gasteiger charge is 2.15. The van der Waals surface area contributed by atoms with Crippen LogP contribution in [0.5, 0.6) is 0 Å². The Hall–Kier alpha value is -0.730. The van der Waals surface area contributed by atoms with Crippen LogP contribution in [-0.2, 0) is 11.8 Å². The van der Waals surface area contributed by atoms with Gasteiger partial charge >= 0.3 is 0 Å². The third-order valence-corrected chi connectivity index (χ3v) is 2.68. The van der Waals surface area contributed by atoms with Crippen molar-refractivity contribution in [3.8, 4) is 6.07 Å². The zero-order chi connectivity index (χ0) is 11.4. The summed E-state index contributed by atoms with van der Waals surface area (Å²) in [6, 6.07) is 2.99. The zero-order valence-corrected chi connectivity index (χ0v) is 9.82. The molecule has 6 heteroatoms. The van der Waals surface area contributed by atoms with Gasteiger partial charge in [-0.1, -0.05) is 27.5 Å². The van der Waals surface area contributed by atoms with Gasteiger partial charge in [0.25, 0.3) is 6.43 Å². The number of pyridine rings is 1. The van der Waals surface area contributed by atoms with Gasteiger partial charge in [-0.15, -0.1) is 0 Å². The van der Waals surface area contributed by atoms with Crippen molar-refractivity contribution >= 4 is 27.5 Å². The van der Waals surface area contributed by atoms with Gasteiger partial charge in [0.05, 0.1) is 18.2 Å². The molecule has 0 unspecified atom stereocenters. The predicted molar refractivity (Wildman–Crippen MR) is 56.2 cm³/mol. The summed E-state index contributed by atoms with van der Waals surface area (Å²) in [5.74, 6) is 0. The molecule has 0 spiro atoms. The van der Waals surface area contributed by atoms with E-state index in [0.29, 0.717) is 16.6 Å². The molecule has 2 nitrogen and oxygen atoms in total. The van der Waals surface area contributed by atoms with Crippen molar-refractivity contribution in [2.75, 3.05) is 0 Å². The SMILES string of the molecule is N#CCc1nc(C(F)F)cc(Cl)c1CBr. The minimum atomic E-state index is -2.68. The third kappa shape index (κ3) is 2.86. The molecule has 0 aromatic carbocycles. The zero-order valence-electron chi connectivity index (χ0n) is 7.48. The summed E-state index contributed by atoms with van der Waals surface area (Å²) < 4.78 is 24.8. The largest absolute Gasteiger partial charge is 0.280 e. The van der Waals surface area contributed by atoms with Crippen molar-refractivity contribution < 1.29 is 8.78 Å². The van der Waals surface area contributed by atoms with E-state index in [1.807, 2.05) is 6.07 Å². The molecule has 0 saturated carbocycles. The topological polar surface area (TPSA) is 36.7 Å². The van der Waals surface area contributed by atoms with Gasteiger partial charge in [0.2, 0.25) is 0 Å². The summed E-state index contributed by atoms with van der Waals surface area (Å²) in [5.41, 5.74) is 0.495. The lowest BCUT2D eigenvalue weighted by Gasteiger charge is -2.08. The third-order valence-electron chi connectivity index (χ3n) is 1.78. The molecule has 0 amide bonds. The summed E-state index contributed by atoms with van der Waals surface area (Å²) >= 11 is 8.97. The second-order valence-electron chi connectivity index (χ2n) is 2.72. The predicted octanol–water partition coefficient (Wildman–Crippen LogP) is 3.63. The molecule has 0 fully saturated rings. The average Bonchev–Trinajstić information content (AvgIpc) is 2.17. The van der Waals surface area contributed by atoms with E-state index in [-0.39, 0.29) is 11.4 Å². The van der Waals surface area contributed by atoms with Crippen molar-refractivity contribution in [2.24, 2.45) is 0 Å². The first-order chi connectivity index (χ1) is 7.10. The number of halogens is 4. The maximum atomic E-state index is 12.4. The lowest BCUT2D eigenvalue weighted by atomic mass is 10.1. The van der Waals surface area contributed by atoms with Gasteiger partial charge in [0, 0.05) is 15.9 Å². The van der Waals surface area contributed by atoms with Crippen LogP contribution in [0.1, 0.15) is 23.4 Å². The normalized spacial score (nSPS) is 10.4. The van der Waals surface area contributed by atoms with Crippen molar-refractivity contribution in [1.82, 2.24) is 4.98 Å². The fourth-order valence-corrected chi connectivity index (χ4v) is 2.16. The van der Waals surface area contributed by atoms with Crippen LogP contribution in [0.2, 0.25) is 5.02 Å². The van der Waals surface area contributed by atoms with Crippen molar-refractivity contribution in [1.29, 1.82) is 5.26 Å². The van der Waals surface area contributed by atoms with Gasteiger partial charge in [0.1, 0.15) is 5.69 Å². The molecular weight excluding hydrogens is 289 g/mol. The van der Waals surface area contributed by atoms with Crippen molar-refractivity contribution in [3.05, 3.63) is 28.0 Å². The molecule has 0 bridgehead atoms. The van der Waals surface area contributed by atoms with E-state index in [9.17, 15) is 8.78 Å². The summed E-state index contributed by atoms with van der Waals surface area (Å²) in [6.45, 7) is 0. The maximum Gasteiger partial charge on any atom is 0.280 e. The molecule has 0 N–H and O–H groups in total. The first-order valence-corrected chi connectivity index (χ1v) is 5.49. The van der Waals surface area contributed by atoms with Crippen LogP contribution in [0.3, 0.4) is 0 Å². The number of nitrogens with zero attached hydrogens (tertiary/aromatic N) is 2. The fourth-order valence-electron chi connectivity index (χ4n) is 1.08. The number of aromatic nitrogens is 1. The molecule has 0 aliphatic heterocycles. The number of rotatable bonds is 3. The first kappa shape index (κ1) is 12.3. The van der Waals surface area contributed by atoms with Gasteiger partial charge in [-0.05, 0) is 6.07 Å². The first-order valence-electron chi connectivity index (χ1n) is 3.99. The van der Waals surface area contributed by atoms with Crippen molar-refractivity contribution in [2.45, 2.75) is 18.2 Å². The molecule has 80 valence electrons. The molecule has 0 atom stereocenters. The van der Waals surface area contributed by atoms with Crippen LogP contribution >= 0.6 is 27.5 Å². The number of nitriles is 1. The molecule has 1 rings (SSSR count). The Bertz CT molecular complexity index is 404. The van der Waals surface area contributed by atoms with Gasteiger partial charge in [-0.3, -0.25) is 4.98 Å². The summed E-state index contributed by atoms with van der Waals surface area (Å²) in [7, 11) is 0. The molecular formula is C9H6BrClF2N2. The lowest BCUT2D eigenvalue weighted by molar-refractivity contribution is 0.146. The standard InChI is InChI=1S/C9H6BrClF2N2/c10-4-5-6(11)3-8(9(12)13)15-7(5)1-2-14/h3,9H,1,4H2. The van der Waals surface area contributed by atoms with Crippen LogP contribution in [0.25, 0.3) is 0 Å². The van der Waals surface area contributed by atoms with Crippen LogP contribution in [0, 0.1) is 11.3 Å². The monoisotopic (exact) mass is 294 g/mol. The fraction of sp³-hybridized carbons (Fsp3) is 0.333. The average molecular weight is 296 g/mol. The van der Waals surface area contributed by atoms with E-state index >= 15 is 0 Å². The highest BCUT2D eigenvalue weighted by molar-refractivity contribution is 9.08. The second kappa shape index (κ2) is 5.38. The Morgan fingerprint density at radius 3 is 2.73 bits per heavy atom. The second-order valence-corrected chi connectivity index (χ2v) is 3.69. The molecule has 1 aromatic rings. The van der Waals surface area contributed by atoms with E-state index < -0.39 is 12.1 Å². The Balaban J connectivity index is 3.26. The van der Waals surface area contributed by atoms with E-state index in [0.717, 1.165) is 6.07 Å². The van der Waals surface area contributed by atoms with E-state index in [1.54, 1.807) is 0 Å². The number of hydrogen-bond acceptors (Lipinski definition) is 2. The van der Waals surface area contributed by atoms with Gasteiger partial charge in [-0.2, -0.15) is 5.26 Å². The maximum absolute atomic E-state index is 12.4. The van der Waals surface area contributed by atoms with Gasteiger partial charge < -0.3 is 0 Å². The Labute approximate surface area is 99.0 Å². The van der Waals surface area contributed by atoms with Crippen molar-refractivity contribution in [3.63, 3.8) is 0 Å². The Kier molecular flexibility index (Phi) is 4.43. The van der Waals surface area contributed by atoms with Crippen LogP contribution in [0.15, 0.2) is 6.07 Å². The highest BCUT2D eigenvalue weighted by atomic mass is 79.9. The minimum absolute atomic E-state index is 0.0266. The van der Waals surface area contributed by atoms with Crippen LogP contribution in [0.4, 0.5) is 8.78 Å².